The molecular formula is C24H22N8O2+2. The first-order valence-electron chi connectivity index (χ1n) is 10.3. The van der Waals surface area contributed by atoms with Crippen LogP contribution in [0.15, 0.2) is 83.5 Å². The summed E-state index contributed by atoms with van der Waals surface area (Å²) in [6.07, 6.45) is 10.6. The highest BCUT2D eigenvalue weighted by atomic mass is 16.2. The van der Waals surface area contributed by atoms with Gasteiger partial charge in [0.1, 0.15) is 25.5 Å². The standard InChI is InChI=1S/C24H20N8O2/c1-31-11-7-17(8-12-31)15-25-29-23(33)20-5-3-19-4-6-21(28-22(19)27-20)24(34)30-26-16-18-9-13-32(2)14-10-18/h3-16H,1-2H3/p+2. The molecule has 10 heteroatoms. The van der Waals surface area contributed by atoms with Crippen molar-refractivity contribution in [1.82, 2.24) is 20.8 Å². The highest BCUT2D eigenvalue weighted by molar-refractivity contribution is 5.97. The molecule has 0 spiro atoms. The Bertz CT molecular complexity index is 1290. The number of rotatable bonds is 6. The number of carbonyl (C=O) groups is 2. The van der Waals surface area contributed by atoms with Crippen molar-refractivity contribution >= 4 is 35.3 Å². The quantitative estimate of drug-likeness (QED) is 0.255. The fourth-order valence-corrected chi connectivity index (χ4v) is 2.89. The average molecular weight is 454 g/mol. The maximum Gasteiger partial charge on any atom is 0.290 e. The van der Waals surface area contributed by atoms with E-state index >= 15 is 0 Å². The molecule has 0 bridgehead atoms. The Morgan fingerprint density at radius 2 is 1.12 bits per heavy atom. The lowest BCUT2D eigenvalue weighted by atomic mass is 10.2. The fraction of sp³-hybridized carbons (Fsp3) is 0.0833. The summed E-state index contributed by atoms with van der Waals surface area (Å²) in [6, 6.07) is 14.0. The van der Waals surface area contributed by atoms with E-state index in [-0.39, 0.29) is 17.0 Å². The number of nitrogens with zero attached hydrogens (tertiary/aromatic N) is 6. The van der Waals surface area contributed by atoms with E-state index in [1.165, 1.54) is 12.4 Å². The summed E-state index contributed by atoms with van der Waals surface area (Å²) in [5.74, 6) is -0.977. The molecule has 10 nitrogen and oxygen atoms in total. The van der Waals surface area contributed by atoms with Crippen molar-refractivity contribution in [3.63, 3.8) is 0 Å². The number of nitrogens with one attached hydrogen (secondary N) is 2. The molecule has 0 unspecified atom stereocenters. The molecule has 0 saturated heterocycles. The molecule has 0 aliphatic rings. The first-order valence-corrected chi connectivity index (χ1v) is 10.3. The predicted octanol–water partition coefficient (Wildman–Crippen LogP) is 0.807. The Morgan fingerprint density at radius 1 is 0.706 bits per heavy atom. The van der Waals surface area contributed by atoms with Crippen LogP contribution in [0.3, 0.4) is 0 Å². The van der Waals surface area contributed by atoms with E-state index in [9.17, 15) is 9.59 Å². The number of fused-ring (bicyclic) bond motifs is 1. The van der Waals surface area contributed by atoms with Crippen molar-refractivity contribution in [2.24, 2.45) is 24.3 Å². The molecule has 34 heavy (non-hydrogen) atoms. The monoisotopic (exact) mass is 454 g/mol. The number of amides is 2. The van der Waals surface area contributed by atoms with Gasteiger partial charge >= 0.3 is 0 Å². The van der Waals surface area contributed by atoms with Gasteiger partial charge in [-0.1, -0.05) is 0 Å². The van der Waals surface area contributed by atoms with Crippen LogP contribution in [0.25, 0.3) is 11.0 Å². The SMILES string of the molecule is C[n+]1ccc(/C=N/NC(=O)c2ccc3ccc(C(=O)N/N=C/c4cc[n+](C)cc4)nc3n2)cc1. The Balaban J connectivity index is 1.43. The lowest BCUT2D eigenvalue weighted by Crippen LogP contribution is -2.26. The second-order valence-corrected chi connectivity index (χ2v) is 7.43. The normalized spacial score (nSPS) is 11.2. The molecule has 0 aliphatic carbocycles. The summed E-state index contributed by atoms with van der Waals surface area (Å²) in [4.78, 5) is 33.4. The molecule has 4 aromatic rings. The first kappa shape index (κ1) is 22.3. The van der Waals surface area contributed by atoms with Gasteiger partial charge in [-0.25, -0.2) is 30.0 Å². The number of hydrazone groups is 2. The molecule has 168 valence electrons. The van der Waals surface area contributed by atoms with Crippen molar-refractivity contribution in [3.05, 3.63) is 95.8 Å². The molecular weight excluding hydrogens is 432 g/mol. The lowest BCUT2D eigenvalue weighted by molar-refractivity contribution is -0.671. The topological polar surface area (TPSA) is 116 Å². The van der Waals surface area contributed by atoms with Gasteiger partial charge < -0.3 is 0 Å². The maximum atomic E-state index is 12.4. The van der Waals surface area contributed by atoms with Gasteiger partial charge in [0.05, 0.1) is 12.4 Å². The number of hydrogen-bond donors (Lipinski definition) is 2. The number of pyridine rings is 4. The highest BCUT2D eigenvalue weighted by Gasteiger charge is 2.11. The molecule has 0 saturated carbocycles. The summed E-state index contributed by atoms with van der Waals surface area (Å²) in [5.41, 5.74) is 7.09. The number of aryl methyl sites for hydroxylation is 2. The van der Waals surface area contributed by atoms with E-state index in [0.29, 0.717) is 5.39 Å². The van der Waals surface area contributed by atoms with Crippen molar-refractivity contribution in [2.45, 2.75) is 0 Å². The van der Waals surface area contributed by atoms with Crippen molar-refractivity contribution in [1.29, 1.82) is 0 Å². The molecule has 0 atom stereocenters. The van der Waals surface area contributed by atoms with E-state index in [1.807, 2.05) is 72.3 Å². The zero-order chi connectivity index (χ0) is 23.9. The largest absolute Gasteiger partial charge is 0.290 e. The molecule has 4 heterocycles. The van der Waals surface area contributed by atoms with Crippen LogP contribution in [0, 0.1) is 0 Å². The van der Waals surface area contributed by atoms with Gasteiger partial charge in [-0.3, -0.25) is 9.59 Å². The first-order chi connectivity index (χ1) is 16.5. The van der Waals surface area contributed by atoms with E-state index in [0.717, 1.165) is 11.1 Å². The van der Waals surface area contributed by atoms with Crippen LogP contribution in [-0.2, 0) is 14.1 Å². The van der Waals surface area contributed by atoms with Crippen LogP contribution in [0.5, 0.6) is 0 Å². The predicted molar refractivity (Wildman–Crippen MR) is 125 cm³/mol. The minimum Gasteiger partial charge on any atom is -0.266 e. The van der Waals surface area contributed by atoms with Gasteiger partial charge in [-0.2, -0.15) is 10.2 Å². The van der Waals surface area contributed by atoms with E-state index < -0.39 is 11.8 Å². The van der Waals surface area contributed by atoms with Crippen LogP contribution in [-0.4, -0.2) is 34.2 Å². The van der Waals surface area contributed by atoms with Gasteiger partial charge in [0, 0.05) is 40.8 Å². The minimum atomic E-state index is -0.489. The van der Waals surface area contributed by atoms with Crippen LogP contribution in [0.2, 0.25) is 0 Å². The average Bonchev–Trinajstić information content (AvgIpc) is 2.85. The lowest BCUT2D eigenvalue weighted by Gasteiger charge is -2.04. The molecule has 4 aromatic heterocycles. The third kappa shape index (κ3) is 5.68. The maximum absolute atomic E-state index is 12.4. The smallest absolute Gasteiger partial charge is 0.266 e. The van der Waals surface area contributed by atoms with Gasteiger partial charge in [0.2, 0.25) is 0 Å². The van der Waals surface area contributed by atoms with Gasteiger partial charge in [0.15, 0.2) is 30.4 Å². The molecule has 2 N–H and O–H groups in total. The molecule has 4 rings (SSSR count). The third-order valence-corrected chi connectivity index (χ3v) is 4.79. The Morgan fingerprint density at radius 3 is 1.53 bits per heavy atom. The van der Waals surface area contributed by atoms with Crippen molar-refractivity contribution < 1.29 is 18.7 Å². The summed E-state index contributed by atoms with van der Waals surface area (Å²) < 4.78 is 3.79. The number of aromatic nitrogens is 4. The molecule has 0 aromatic carbocycles. The van der Waals surface area contributed by atoms with Gasteiger partial charge in [0.25, 0.3) is 11.8 Å². The second kappa shape index (κ2) is 10.2. The van der Waals surface area contributed by atoms with Crippen LogP contribution in [0.4, 0.5) is 0 Å². The fourth-order valence-electron chi connectivity index (χ4n) is 2.89. The Kier molecular flexibility index (Phi) is 6.68. The summed E-state index contributed by atoms with van der Waals surface area (Å²) >= 11 is 0. The molecule has 0 radical (unpaired) electrons. The third-order valence-electron chi connectivity index (χ3n) is 4.79. The summed E-state index contributed by atoms with van der Waals surface area (Å²) in [6.45, 7) is 0. The van der Waals surface area contributed by atoms with Crippen LogP contribution in [0.1, 0.15) is 32.1 Å². The zero-order valence-electron chi connectivity index (χ0n) is 18.6. The summed E-state index contributed by atoms with van der Waals surface area (Å²) in [7, 11) is 3.82. The van der Waals surface area contributed by atoms with E-state index in [4.69, 9.17) is 0 Å². The Hall–Kier alpha value is -4.86. The van der Waals surface area contributed by atoms with Gasteiger partial charge in [-0.05, 0) is 24.3 Å². The van der Waals surface area contributed by atoms with Crippen LogP contribution >= 0.6 is 0 Å². The van der Waals surface area contributed by atoms with E-state index in [2.05, 4.69) is 31.0 Å². The Labute approximate surface area is 195 Å². The van der Waals surface area contributed by atoms with E-state index in [1.54, 1.807) is 24.3 Å². The molecule has 0 fully saturated rings. The number of hydrogen-bond acceptors (Lipinski definition) is 6. The highest BCUT2D eigenvalue weighted by Crippen LogP contribution is 2.12. The second-order valence-electron chi connectivity index (χ2n) is 7.43. The zero-order valence-corrected chi connectivity index (χ0v) is 18.6. The number of carbonyl (C=O) groups excluding carboxylic acids is 2. The molecule has 0 aliphatic heterocycles. The van der Waals surface area contributed by atoms with Crippen molar-refractivity contribution in [2.75, 3.05) is 0 Å². The van der Waals surface area contributed by atoms with Gasteiger partial charge in [-0.15, -0.1) is 0 Å². The molecule has 2 amide bonds. The minimum absolute atomic E-state index is 0.129. The van der Waals surface area contributed by atoms with Crippen molar-refractivity contribution in [3.8, 4) is 0 Å². The van der Waals surface area contributed by atoms with Crippen LogP contribution < -0.4 is 20.0 Å². The summed E-state index contributed by atoms with van der Waals surface area (Å²) in [5, 5.41) is 8.61.